The Hall–Kier alpha value is -3.41. The Kier molecular flexibility index (Phi) is 4.38. The predicted molar refractivity (Wildman–Crippen MR) is 92.0 cm³/mol. The first-order chi connectivity index (χ1) is 11.6. The number of aromatic nitrogens is 2. The van der Waals surface area contributed by atoms with Crippen molar-refractivity contribution in [3.8, 4) is 0 Å². The van der Waals surface area contributed by atoms with Crippen molar-refractivity contribution >= 4 is 23.2 Å². The van der Waals surface area contributed by atoms with E-state index in [1.807, 2.05) is 36.4 Å². The third kappa shape index (κ3) is 3.49. The zero-order valence-corrected chi connectivity index (χ0v) is 13.1. The number of hydrogen-bond acceptors (Lipinski definition) is 3. The molecule has 0 radical (unpaired) electrons. The molecule has 3 rings (SSSR count). The zero-order chi connectivity index (χ0) is 16.9. The molecule has 0 aliphatic rings. The molecule has 0 bridgehead atoms. The number of amides is 2. The first-order valence-corrected chi connectivity index (χ1v) is 7.40. The minimum atomic E-state index is -0.431. The molecule has 0 fully saturated rings. The standard InChI is InChI=1S/C18H16N4O2/c1-22-12-15(17(23)19-13-8-4-2-5-9-13)16(21-22)18(24)20-14-10-6-3-7-11-14/h2-12H,1H3,(H,19,23)(H,20,24). The summed E-state index contributed by atoms with van der Waals surface area (Å²) in [7, 11) is 1.67. The van der Waals surface area contributed by atoms with E-state index in [2.05, 4.69) is 15.7 Å². The highest BCUT2D eigenvalue weighted by Gasteiger charge is 2.21. The third-order valence-electron chi connectivity index (χ3n) is 3.35. The molecular weight excluding hydrogens is 304 g/mol. The predicted octanol–water partition coefficient (Wildman–Crippen LogP) is 2.92. The fourth-order valence-corrected chi connectivity index (χ4v) is 2.25. The molecule has 6 nitrogen and oxygen atoms in total. The number of para-hydroxylation sites is 2. The number of benzene rings is 2. The molecule has 0 saturated carbocycles. The van der Waals surface area contributed by atoms with E-state index >= 15 is 0 Å². The molecule has 0 saturated heterocycles. The maximum Gasteiger partial charge on any atom is 0.276 e. The van der Waals surface area contributed by atoms with Crippen molar-refractivity contribution in [2.24, 2.45) is 7.05 Å². The summed E-state index contributed by atoms with van der Waals surface area (Å²) in [6.45, 7) is 0. The first-order valence-electron chi connectivity index (χ1n) is 7.40. The van der Waals surface area contributed by atoms with Gasteiger partial charge < -0.3 is 10.6 Å². The Morgan fingerprint density at radius 2 is 1.33 bits per heavy atom. The van der Waals surface area contributed by atoms with Gasteiger partial charge >= 0.3 is 0 Å². The van der Waals surface area contributed by atoms with E-state index in [0.717, 1.165) is 0 Å². The summed E-state index contributed by atoms with van der Waals surface area (Å²) in [5.41, 5.74) is 1.59. The lowest BCUT2D eigenvalue weighted by Crippen LogP contribution is -2.19. The summed E-state index contributed by atoms with van der Waals surface area (Å²) in [6, 6.07) is 18.1. The summed E-state index contributed by atoms with van der Waals surface area (Å²) >= 11 is 0. The Bertz CT molecular complexity index is 786. The smallest absolute Gasteiger partial charge is 0.276 e. The van der Waals surface area contributed by atoms with Crippen molar-refractivity contribution in [2.45, 2.75) is 0 Å². The number of aryl methyl sites for hydroxylation is 1. The van der Waals surface area contributed by atoms with Gasteiger partial charge in [-0.1, -0.05) is 36.4 Å². The van der Waals surface area contributed by atoms with Crippen LogP contribution in [0, 0.1) is 0 Å². The van der Waals surface area contributed by atoms with Gasteiger partial charge in [0.25, 0.3) is 11.8 Å². The topological polar surface area (TPSA) is 76.0 Å². The van der Waals surface area contributed by atoms with Crippen LogP contribution in [-0.2, 0) is 7.05 Å². The molecule has 2 amide bonds. The number of nitrogens with zero attached hydrogens (tertiary/aromatic N) is 2. The van der Waals surface area contributed by atoms with Gasteiger partial charge in [-0.05, 0) is 24.3 Å². The van der Waals surface area contributed by atoms with Gasteiger partial charge in [-0.2, -0.15) is 5.10 Å². The van der Waals surface area contributed by atoms with Crippen LogP contribution in [0.2, 0.25) is 0 Å². The highest BCUT2D eigenvalue weighted by molar-refractivity contribution is 6.14. The number of carbonyl (C=O) groups is 2. The molecule has 2 aromatic carbocycles. The molecule has 24 heavy (non-hydrogen) atoms. The van der Waals surface area contributed by atoms with E-state index in [1.54, 1.807) is 31.3 Å². The SMILES string of the molecule is Cn1cc(C(=O)Nc2ccccc2)c(C(=O)Nc2ccccc2)n1. The summed E-state index contributed by atoms with van der Waals surface area (Å²) < 4.78 is 1.44. The van der Waals surface area contributed by atoms with Crippen LogP contribution in [0.15, 0.2) is 66.9 Å². The van der Waals surface area contributed by atoms with Gasteiger partial charge in [0.05, 0.1) is 5.56 Å². The van der Waals surface area contributed by atoms with Crippen LogP contribution in [0.4, 0.5) is 11.4 Å². The molecule has 0 spiro atoms. The fraction of sp³-hybridized carbons (Fsp3) is 0.0556. The van der Waals surface area contributed by atoms with Crippen molar-refractivity contribution in [2.75, 3.05) is 10.6 Å². The third-order valence-corrected chi connectivity index (χ3v) is 3.35. The second kappa shape index (κ2) is 6.78. The normalized spacial score (nSPS) is 10.2. The van der Waals surface area contributed by atoms with Crippen molar-refractivity contribution < 1.29 is 9.59 Å². The number of hydrogen-bond donors (Lipinski definition) is 2. The van der Waals surface area contributed by atoms with Crippen LogP contribution in [0.3, 0.4) is 0 Å². The van der Waals surface area contributed by atoms with E-state index in [4.69, 9.17) is 0 Å². The van der Waals surface area contributed by atoms with E-state index in [-0.39, 0.29) is 17.2 Å². The van der Waals surface area contributed by atoms with Gasteiger partial charge in [-0.3, -0.25) is 14.3 Å². The molecule has 0 aliphatic carbocycles. The number of carbonyl (C=O) groups excluding carboxylic acids is 2. The van der Waals surface area contributed by atoms with Gasteiger partial charge in [0.1, 0.15) is 0 Å². The highest BCUT2D eigenvalue weighted by Crippen LogP contribution is 2.14. The quantitative estimate of drug-likeness (QED) is 0.776. The summed E-state index contributed by atoms with van der Waals surface area (Å²) in [4.78, 5) is 24.9. The number of nitrogens with one attached hydrogen (secondary N) is 2. The van der Waals surface area contributed by atoms with Gasteiger partial charge in [-0.15, -0.1) is 0 Å². The van der Waals surface area contributed by atoms with Gasteiger partial charge in [0.2, 0.25) is 0 Å². The summed E-state index contributed by atoms with van der Waals surface area (Å²) in [5.74, 6) is -0.812. The molecule has 0 aliphatic heterocycles. The van der Waals surface area contributed by atoms with Crippen molar-refractivity contribution in [3.63, 3.8) is 0 Å². The average molecular weight is 320 g/mol. The van der Waals surface area contributed by atoms with Crippen molar-refractivity contribution in [1.82, 2.24) is 9.78 Å². The molecule has 1 aromatic heterocycles. The van der Waals surface area contributed by atoms with Gasteiger partial charge in [0.15, 0.2) is 5.69 Å². The highest BCUT2D eigenvalue weighted by atomic mass is 16.2. The monoisotopic (exact) mass is 320 g/mol. The molecule has 0 atom stereocenters. The van der Waals surface area contributed by atoms with E-state index in [1.165, 1.54) is 10.9 Å². The first kappa shape index (κ1) is 15.5. The molecule has 2 N–H and O–H groups in total. The van der Waals surface area contributed by atoms with E-state index in [9.17, 15) is 9.59 Å². The number of rotatable bonds is 4. The minimum Gasteiger partial charge on any atom is -0.322 e. The molecule has 3 aromatic rings. The zero-order valence-electron chi connectivity index (χ0n) is 13.1. The van der Waals surface area contributed by atoms with Gasteiger partial charge in [0, 0.05) is 24.6 Å². The minimum absolute atomic E-state index is 0.0785. The van der Waals surface area contributed by atoms with Crippen LogP contribution in [-0.4, -0.2) is 21.6 Å². The molecular formula is C18H16N4O2. The fourth-order valence-electron chi connectivity index (χ4n) is 2.25. The van der Waals surface area contributed by atoms with Crippen LogP contribution in [0.1, 0.15) is 20.8 Å². The van der Waals surface area contributed by atoms with Crippen LogP contribution in [0.25, 0.3) is 0 Å². The lowest BCUT2D eigenvalue weighted by atomic mass is 10.2. The van der Waals surface area contributed by atoms with E-state index in [0.29, 0.717) is 11.4 Å². The van der Waals surface area contributed by atoms with Crippen LogP contribution in [0.5, 0.6) is 0 Å². The van der Waals surface area contributed by atoms with E-state index < -0.39 is 5.91 Å². The molecule has 120 valence electrons. The summed E-state index contributed by atoms with van der Waals surface area (Å²) in [6.07, 6.45) is 1.53. The van der Waals surface area contributed by atoms with Gasteiger partial charge in [-0.25, -0.2) is 0 Å². The lowest BCUT2D eigenvalue weighted by Gasteiger charge is -2.06. The second-order valence-corrected chi connectivity index (χ2v) is 5.21. The Morgan fingerprint density at radius 3 is 1.88 bits per heavy atom. The van der Waals surface area contributed by atoms with Crippen molar-refractivity contribution in [1.29, 1.82) is 0 Å². The molecule has 1 heterocycles. The number of anilines is 2. The Labute approximate surface area is 139 Å². The molecule has 0 unspecified atom stereocenters. The Morgan fingerprint density at radius 1 is 0.833 bits per heavy atom. The maximum absolute atomic E-state index is 12.5. The van der Waals surface area contributed by atoms with Crippen molar-refractivity contribution in [3.05, 3.63) is 78.1 Å². The lowest BCUT2D eigenvalue weighted by molar-refractivity contribution is 0.0988. The summed E-state index contributed by atoms with van der Waals surface area (Å²) in [5, 5.41) is 9.61. The van der Waals surface area contributed by atoms with Crippen LogP contribution >= 0.6 is 0 Å². The second-order valence-electron chi connectivity index (χ2n) is 5.21. The largest absolute Gasteiger partial charge is 0.322 e. The molecule has 6 heteroatoms. The average Bonchev–Trinajstić information content (AvgIpc) is 2.99. The Balaban J connectivity index is 1.82. The maximum atomic E-state index is 12.5. The van der Waals surface area contributed by atoms with Crippen LogP contribution < -0.4 is 10.6 Å².